The third-order valence-corrected chi connectivity index (χ3v) is 4.38. The first-order chi connectivity index (χ1) is 13.1. The number of para-hydroxylation sites is 1. The predicted octanol–water partition coefficient (Wildman–Crippen LogP) is 5.15. The lowest BCUT2D eigenvalue weighted by atomic mass is 10.2. The number of ether oxygens (including phenoxy) is 1. The van der Waals surface area contributed by atoms with Crippen LogP contribution in [0.2, 0.25) is 5.02 Å². The summed E-state index contributed by atoms with van der Waals surface area (Å²) in [5.74, 6) is 1.09. The molecule has 0 aliphatic heterocycles. The molecule has 1 heterocycles. The topological polar surface area (TPSA) is 54.5 Å². The lowest BCUT2D eigenvalue weighted by Crippen LogP contribution is -2.18. The van der Waals surface area contributed by atoms with Gasteiger partial charge in [0.1, 0.15) is 11.6 Å². The van der Waals surface area contributed by atoms with Gasteiger partial charge in [0, 0.05) is 24.1 Å². The van der Waals surface area contributed by atoms with Gasteiger partial charge in [-0.25, -0.2) is 4.98 Å². The van der Waals surface area contributed by atoms with Gasteiger partial charge in [0.25, 0.3) is 5.91 Å². The van der Waals surface area contributed by atoms with Gasteiger partial charge in [-0.05, 0) is 49.4 Å². The number of pyridine rings is 1. The van der Waals surface area contributed by atoms with Gasteiger partial charge in [0.05, 0.1) is 17.7 Å². The van der Waals surface area contributed by atoms with E-state index in [1.165, 1.54) is 0 Å². The summed E-state index contributed by atoms with van der Waals surface area (Å²) in [5, 5.41) is 3.25. The molecule has 0 radical (unpaired) electrons. The van der Waals surface area contributed by atoms with Crippen LogP contribution in [0.4, 0.5) is 17.2 Å². The van der Waals surface area contributed by atoms with Crippen LogP contribution in [0.3, 0.4) is 0 Å². The molecule has 2 aromatic carbocycles. The molecule has 1 aromatic heterocycles. The van der Waals surface area contributed by atoms with Gasteiger partial charge >= 0.3 is 0 Å². The Bertz CT molecular complexity index is 914. The number of methoxy groups -OCH3 is 1. The molecule has 1 N–H and O–H groups in total. The Balaban J connectivity index is 1.74. The normalized spacial score (nSPS) is 10.3. The van der Waals surface area contributed by atoms with Crippen molar-refractivity contribution in [2.24, 2.45) is 0 Å². The summed E-state index contributed by atoms with van der Waals surface area (Å²) in [6.07, 6.45) is 1.57. The maximum absolute atomic E-state index is 12.5. The van der Waals surface area contributed by atoms with Crippen LogP contribution in [0, 0.1) is 0 Å². The fourth-order valence-electron chi connectivity index (χ4n) is 2.71. The van der Waals surface area contributed by atoms with Crippen molar-refractivity contribution in [1.82, 2.24) is 4.98 Å². The number of amides is 1. The van der Waals surface area contributed by atoms with E-state index < -0.39 is 0 Å². The molecule has 0 bridgehead atoms. The Hall–Kier alpha value is -3.05. The van der Waals surface area contributed by atoms with Crippen LogP contribution in [0.25, 0.3) is 0 Å². The highest BCUT2D eigenvalue weighted by Crippen LogP contribution is 2.27. The highest BCUT2D eigenvalue weighted by molar-refractivity contribution is 6.32. The monoisotopic (exact) mass is 381 g/mol. The van der Waals surface area contributed by atoms with E-state index in [0.29, 0.717) is 22.0 Å². The van der Waals surface area contributed by atoms with E-state index in [1.54, 1.807) is 37.6 Å². The second-order valence-electron chi connectivity index (χ2n) is 5.79. The number of rotatable bonds is 6. The molecule has 0 aliphatic carbocycles. The number of anilines is 3. The molecule has 0 aliphatic rings. The minimum Gasteiger partial charge on any atom is -0.495 e. The smallest absolute Gasteiger partial charge is 0.257 e. The average Bonchev–Trinajstić information content (AvgIpc) is 2.70. The number of hydrogen-bond donors (Lipinski definition) is 1. The van der Waals surface area contributed by atoms with Crippen molar-refractivity contribution in [3.63, 3.8) is 0 Å². The second-order valence-corrected chi connectivity index (χ2v) is 6.20. The van der Waals surface area contributed by atoms with Crippen LogP contribution in [0.15, 0.2) is 66.9 Å². The number of carbonyl (C=O) groups excluding carboxylic acids is 1. The summed E-state index contributed by atoms with van der Waals surface area (Å²) in [7, 11) is 1.54. The number of benzene rings is 2. The molecule has 6 heteroatoms. The molecule has 0 fully saturated rings. The molecule has 0 saturated heterocycles. The van der Waals surface area contributed by atoms with Crippen molar-refractivity contribution < 1.29 is 9.53 Å². The lowest BCUT2D eigenvalue weighted by Gasteiger charge is -2.22. The van der Waals surface area contributed by atoms with Crippen LogP contribution in [-0.2, 0) is 0 Å². The fraction of sp³-hybridized carbons (Fsp3) is 0.143. The van der Waals surface area contributed by atoms with Crippen molar-refractivity contribution >= 4 is 34.7 Å². The van der Waals surface area contributed by atoms with Gasteiger partial charge in [0.15, 0.2) is 0 Å². The van der Waals surface area contributed by atoms with E-state index in [2.05, 4.69) is 22.1 Å². The minimum absolute atomic E-state index is 0.252. The molecule has 27 heavy (non-hydrogen) atoms. The lowest BCUT2D eigenvalue weighted by molar-refractivity contribution is 0.102. The van der Waals surface area contributed by atoms with Gasteiger partial charge in [0.2, 0.25) is 0 Å². The highest BCUT2D eigenvalue weighted by atomic mass is 35.5. The van der Waals surface area contributed by atoms with E-state index >= 15 is 0 Å². The fourth-order valence-corrected chi connectivity index (χ4v) is 2.97. The van der Waals surface area contributed by atoms with E-state index in [4.69, 9.17) is 16.3 Å². The Morgan fingerprint density at radius 2 is 1.93 bits per heavy atom. The standard InChI is InChI=1S/C21H20ClN3O2/c1-3-25(17-7-5-4-6-8-17)20-12-9-15(14-23-20)21(26)24-16-10-11-19(27-2)18(22)13-16/h4-14H,3H2,1-2H3,(H,24,26). The molecule has 0 atom stereocenters. The van der Waals surface area contributed by atoms with Gasteiger partial charge < -0.3 is 15.0 Å². The Labute approximate surface area is 163 Å². The maximum Gasteiger partial charge on any atom is 0.257 e. The highest BCUT2D eigenvalue weighted by Gasteiger charge is 2.12. The van der Waals surface area contributed by atoms with Gasteiger partial charge in [-0.3, -0.25) is 4.79 Å². The number of hydrogen-bond acceptors (Lipinski definition) is 4. The number of halogens is 1. The zero-order chi connectivity index (χ0) is 19.2. The summed E-state index contributed by atoms with van der Waals surface area (Å²) < 4.78 is 5.11. The predicted molar refractivity (Wildman–Crippen MR) is 109 cm³/mol. The Morgan fingerprint density at radius 3 is 2.52 bits per heavy atom. The van der Waals surface area contributed by atoms with Crippen LogP contribution < -0.4 is 15.0 Å². The van der Waals surface area contributed by atoms with Gasteiger partial charge in [-0.1, -0.05) is 29.8 Å². The molecule has 1 amide bonds. The number of aromatic nitrogens is 1. The van der Waals surface area contributed by atoms with E-state index in [9.17, 15) is 4.79 Å². The first-order valence-electron chi connectivity index (χ1n) is 8.56. The summed E-state index contributed by atoms with van der Waals surface area (Å²) in [4.78, 5) is 19.0. The molecular formula is C21H20ClN3O2. The SMILES string of the molecule is CCN(c1ccccc1)c1ccc(C(=O)Nc2ccc(OC)c(Cl)c2)cn1. The van der Waals surface area contributed by atoms with Gasteiger partial charge in [-0.2, -0.15) is 0 Å². The average molecular weight is 382 g/mol. The first kappa shape index (κ1) is 18.7. The van der Waals surface area contributed by atoms with Crippen LogP contribution >= 0.6 is 11.6 Å². The third kappa shape index (κ3) is 4.38. The Morgan fingerprint density at radius 1 is 1.15 bits per heavy atom. The summed E-state index contributed by atoms with van der Waals surface area (Å²) in [5.41, 5.74) is 2.11. The van der Waals surface area contributed by atoms with Crippen LogP contribution in [0.5, 0.6) is 5.75 Å². The molecule has 138 valence electrons. The van der Waals surface area contributed by atoms with Gasteiger partial charge in [-0.15, -0.1) is 0 Å². The summed E-state index contributed by atoms with van der Waals surface area (Å²) in [6.45, 7) is 2.83. The third-order valence-electron chi connectivity index (χ3n) is 4.08. The van der Waals surface area contributed by atoms with E-state index in [0.717, 1.165) is 18.1 Å². The molecule has 0 unspecified atom stereocenters. The van der Waals surface area contributed by atoms with Crippen LogP contribution in [0.1, 0.15) is 17.3 Å². The molecule has 3 rings (SSSR count). The van der Waals surface area contributed by atoms with Crippen molar-refractivity contribution in [2.45, 2.75) is 6.92 Å². The minimum atomic E-state index is -0.252. The molecule has 0 spiro atoms. The number of nitrogens with zero attached hydrogens (tertiary/aromatic N) is 2. The quantitative estimate of drug-likeness (QED) is 0.641. The second kappa shape index (κ2) is 8.56. The zero-order valence-electron chi connectivity index (χ0n) is 15.1. The van der Waals surface area contributed by atoms with Crippen molar-refractivity contribution in [1.29, 1.82) is 0 Å². The summed E-state index contributed by atoms with van der Waals surface area (Å²) >= 11 is 6.09. The molecule has 3 aromatic rings. The van der Waals surface area contributed by atoms with Crippen molar-refractivity contribution in [3.8, 4) is 5.75 Å². The Kier molecular flexibility index (Phi) is 5.94. The van der Waals surface area contributed by atoms with E-state index in [-0.39, 0.29) is 5.91 Å². The molecule has 0 saturated carbocycles. The van der Waals surface area contributed by atoms with Crippen LogP contribution in [-0.4, -0.2) is 24.5 Å². The molecular weight excluding hydrogens is 362 g/mol. The van der Waals surface area contributed by atoms with Crippen molar-refractivity contribution in [2.75, 3.05) is 23.9 Å². The van der Waals surface area contributed by atoms with E-state index in [1.807, 2.05) is 36.4 Å². The largest absolute Gasteiger partial charge is 0.495 e. The first-order valence-corrected chi connectivity index (χ1v) is 8.93. The maximum atomic E-state index is 12.5. The van der Waals surface area contributed by atoms with Crippen molar-refractivity contribution in [3.05, 3.63) is 77.4 Å². The summed E-state index contributed by atoms with van der Waals surface area (Å²) in [6, 6.07) is 18.7. The molecule has 5 nitrogen and oxygen atoms in total. The number of carbonyl (C=O) groups is 1. The number of nitrogens with one attached hydrogen (secondary N) is 1. The zero-order valence-corrected chi connectivity index (χ0v) is 15.9.